The average Bonchev–Trinajstić information content (AvgIpc) is 3.03. The van der Waals surface area contributed by atoms with Crippen LogP contribution in [0.2, 0.25) is 5.02 Å². The molecule has 0 unspecified atom stereocenters. The monoisotopic (exact) mass is 404 g/mol. The SMILES string of the molecule is Cc1nc(-c2cccc(Cl)c2)sc1C(=O)OCC(=O)Nc1ccc(F)cc1. The lowest BCUT2D eigenvalue weighted by molar-refractivity contribution is -0.119. The van der Waals surface area contributed by atoms with E-state index in [9.17, 15) is 14.0 Å². The molecule has 0 radical (unpaired) electrons. The van der Waals surface area contributed by atoms with Gasteiger partial charge in [0.25, 0.3) is 5.91 Å². The molecule has 0 aliphatic rings. The Labute approximate surface area is 163 Å². The Balaban J connectivity index is 1.62. The van der Waals surface area contributed by atoms with Crippen LogP contribution in [0.5, 0.6) is 0 Å². The first-order chi connectivity index (χ1) is 12.9. The minimum Gasteiger partial charge on any atom is -0.451 e. The molecule has 8 heteroatoms. The number of benzene rings is 2. The first-order valence-electron chi connectivity index (χ1n) is 7.88. The van der Waals surface area contributed by atoms with E-state index >= 15 is 0 Å². The highest BCUT2D eigenvalue weighted by molar-refractivity contribution is 7.17. The summed E-state index contributed by atoms with van der Waals surface area (Å²) in [5.41, 5.74) is 1.72. The molecule has 0 aliphatic carbocycles. The maximum Gasteiger partial charge on any atom is 0.350 e. The second kappa shape index (κ2) is 8.28. The number of nitrogens with one attached hydrogen (secondary N) is 1. The Kier molecular flexibility index (Phi) is 5.83. The summed E-state index contributed by atoms with van der Waals surface area (Å²) in [4.78, 5) is 28.8. The summed E-state index contributed by atoms with van der Waals surface area (Å²) < 4.78 is 17.9. The quantitative estimate of drug-likeness (QED) is 0.625. The number of rotatable bonds is 5. The highest BCUT2D eigenvalue weighted by Gasteiger charge is 2.19. The molecular weight excluding hydrogens is 391 g/mol. The van der Waals surface area contributed by atoms with Crippen LogP contribution in [0, 0.1) is 12.7 Å². The number of amides is 1. The maximum atomic E-state index is 12.9. The molecule has 3 rings (SSSR count). The fourth-order valence-corrected chi connectivity index (χ4v) is 3.40. The number of esters is 1. The van der Waals surface area contributed by atoms with Gasteiger partial charge >= 0.3 is 5.97 Å². The molecule has 1 aromatic heterocycles. The van der Waals surface area contributed by atoms with Crippen molar-refractivity contribution in [2.24, 2.45) is 0 Å². The minimum atomic E-state index is -0.632. The average molecular weight is 405 g/mol. The first kappa shape index (κ1) is 19.0. The number of ether oxygens (including phenoxy) is 1. The van der Waals surface area contributed by atoms with Crippen molar-refractivity contribution in [2.75, 3.05) is 11.9 Å². The van der Waals surface area contributed by atoms with Crippen LogP contribution in [-0.4, -0.2) is 23.5 Å². The molecule has 0 atom stereocenters. The fourth-order valence-electron chi connectivity index (χ4n) is 2.26. The van der Waals surface area contributed by atoms with Gasteiger partial charge in [0.1, 0.15) is 15.7 Å². The van der Waals surface area contributed by atoms with E-state index in [0.717, 1.165) is 5.56 Å². The summed E-state index contributed by atoms with van der Waals surface area (Å²) in [6.07, 6.45) is 0. The topological polar surface area (TPSA) is 68.3 Å². The van der Waals surface area contributed by atoms with Crippen molar-refractivity contribution >= 4 is 40.5 Å². The number of hydrogen-bond acceptors (Lipinski definition) is 5. The Morgan fingerprint density at radius 3 is 2.67 bits per heavy atom. The fraction of sp³-hybridized carbons (Fsp3) is 0.105. The van der Waals surface area contributed by atoms with Crippen molar-refractivity contribution in [1.82, 2.24) is 4.98 Å². The number of halogens is 2. The summed E-state index contributed by atoms with van der Waals surface area (Å²) >= 11 is 7.15. The lowest BCUT2D eigenvalue weighted by atomic mass is 10.2. The Hall–Kier alpha value is -2.77. The standard InChI is InChI=1S/C19H14ClFN2O3S/c1-11-17(27-18(22-11)12-3-2-4-13(20)9-12)19(25)26-10-16(24)23-15-7-5-14(21)6-8-15/h2-9H,10H2,1H3,(H,23,24). The Morgan fingerprint density at radius 1 is 1.22 bits per heavy atom. The van der Waals surface area contributed by atoms with E-state index in [-0.39, 0.29) is 0 Å². The van der Waals surface area contributed by atoms with Crippen LogP contribution < -0.4 is 5.32 Å². The number of aromatic nitrogens is 1. The van der Waals surface area contributed by atoms with Gasteiger partial charge in [-0.25, -0.2) is 14.2 Å². The largest absolute Gasteiger partial charge is 0.451 e. The lowest BCUT2D eigenvalue weighted by Crippen LogP contribution is -2.20. The van der Waals surface area contributed by atoms with Gasteiger partial charge in [-0.3, -0.25) is 4.79 Å². The maximum absolute atomic E-state index is 12.9. The summed E-state index contributed by atoms with van der Waals surface area (Å²) in [7, 11) is 0. The molecule has 27 heavy (non-hydrogen) atoms. The normalized spacial score (nSPS) is 10.5. The van der Waals surface area contributed by atoms with Gasteiger partial charge in [-0.15, -0.1) is 11.3 Å². The lowest BCUT2D eigenvalue weighted by Gasteiger charge is -2.06. The van der Waals surface area contributed by atoms with Crippen LogP contribution in [0.3, 0.4) is 0 Å². The zero-order chi connectivity index (χ0) is 19.4. The van der Waals surface area contributed by atoms with Gasteiger partial charge in [-0.1, -0.05) is 23.7 Å². The predicted molar refractivity (Wildman–Crippen MR) is 103 cm³/mol. The van der Waals surface area contributed by atoms with Crippen LogP contribution in [-0.2, 0) is 9.53 Å². The molecule has 1 heterocycles. The molecule has 138 valence electrons. The third kappa shape index (κ3) is 4.90. The van der Waals surface area contributed by atoms with E-state index in [0.29, 0.717) is 26.3 Å². The third-order valence-electron chi connectivity index (χ3n) is 3.52. The summed E-state index contributed by atoms with van der Waals surface area (Å²) in [5, 5.41) is 3.73. The minimum absolute atomic E-state index is 0.319. The van der Waals surface area contributed by atoms with Gasteiger partial charge in [-0.2, -0.15) is 0 Å². The number of nitrogens with zero attached hydrogens (tertiary/aromatic N) is 1. The highest BCUT2D eigenvalue weighted by atomic mass is 35.5. The number of thiazole rings is 1. The van der Waals surface area contributed by atoms with Crippen LogP contribution in [0.25, 0.3) is 10.6 Å². The molecule has 0 aliphatic heterocycles. The van der Waals surface area contributed by atoms with Crippen LogP contribution in [0.4, 0.5) is 10.1 Å². The molecule has 0 fully saturated rings. The Morgan fingerprint density at radius 2 is 1.96 bits per heavy atom. The van der Waals surface area contributed by atoms with Crippen LogP contribution >= 0.6 is 22.9 Å². The number of carbonyl (C=O) groups excluding carboxylic acids is 2. The van der Waals surface area contributed by atoms with Crippen molar-refractivity contribution in [3.63, 3.8) is 0 Å². The summed E-state index contributed by atoms with van der Waals surface area (Å²) in [6.45, 7) is 1.24. The first-order valence-corrected chi connectivity index (χ1v) is 9.08. The second-order valence-corrected chi connectivity index (χ2v) is 7.01. The van der Waals surface area contributed by atoms with Gasteiger partial charge in [0.15, 0.2) is 6.61 Å². The number of aryl methyl sites for hydroxylation is 1. The third-order valence-corrected chi connectivity index (χ3v) is 4.94. The van der Waals surface area contributed by atoms with E-state index in [2.05, 4.69) is 10.3 Å². The van der Waals surface area contributed by atoms with E-state index in [1.165, 1.54) is 35.6 Å². The molecule has 1 N–H and O–H groups in total. The number of carbonyl (C=O) groups is 2. The zero-order valence-corrected chi connectivity index (χ0v) is 15.7. The van der Waals surface area contributed by atoms with E-state index in [4.69, 9.17) is 16.3 Å². The number of hydrogen-bond donors (Lipinski definition) is 1. The molecule has 5 nitrogen and oxygen atoms in total. The summed E-state index contributed by atoms with van der Waals surface area (Å²) in [5.74, 6) is -1.56. The molecule has 0 spiro atoms. The van der Waals surface area contributed by atoms with Crippen molar-refractivity contribution in [1.29, 1.82) is 0 Å². The summed E-state index contributed by atoms with van der Waals surface area (Å²) in [6, 6.07) is 12.4. The van der Waals surface area contributed by atoms with Crippen molar-refractivity contribution in [3.8, 4) is 10.6 Å². The highest BCUT2D eigenvalue weighted by Crippen LogP contribution is 2.29. The van der Waals surface area contributed by atoms with E-state index in [1.54, 1.807) is 25.1 Å². The molecule has 0 saturated heterocycles. The molecule has 0 saturated carbocycles. The van der Waals surface area contributed by atoms with Gasteiger partial charge < -0.3 is 10.1 Å². The van der Waals surface area contributed by atoms with E-state index < -0.39 is 24.3 Å². The molecule has 1 amide bonds. The molecular formula is C19H14ClFN2O3S. The van der Waals surface area contributed by atoms with Crippen LogP contribution in [0.1, 0.15) is 15.4 Å². The van der Waals surface area contributed by atoms with Crippen molar-refractivity contribution in [2.45, 2.75) is 6.92 Å². The van der Waals surface area contributed by atoms with Gasteiger partial charge in [-0.05, 0) is 43.3 Å². The zero-order valence-electron chi connectivity index (χ0n) is 14.2. The smallest absolute Gasteiger partial charge is 0.350 e. The molecule has 0 bridgehead atoms. The van der Waals surface area contributed by atoms with Crippen LogP contribution in [0.15, 0.2) is 48.5 Å². The Bertz CT molecular complexity index is 989. The molecule has 3 aromatic rings. The van der Waals surface area contributed by atoms with Gasteiger partial charge in [0, 0.05) is 16.3 Å². The van der Waals surface area contributed by atoms with Gasteiger partial charge in [0.05, 0.1) is 5.69 Å². The van der Waals surface area contributed by atoms with E-state index in [1.807, 2.05) is 6.07 Å². The van der Waals surface area contributed by atoms with Crippen molar-refractivity contribution in [3.05, 3.63) is 69.9 Å². The predicted octanol–water partition coefficient (Wildman–Crippen LogP) is 4.71. The molecule has 2 aromatic carbocycles. The van der Waals surface area contributed by atoms with Gasteiger partial charge in [0.2, 0.25) is 0 Å². The second-order valence-electron chi connectivity index (χ2n) is 5.58. The number of anilines is 1. The van der Waals surface area contributed by atoms with Crippen molar-refractivity contribution < 1.29 is 18.7 Å².